The Balaban J connectivity index is 1.69. The molecule has 0 amide bonds. The van der Waals surface area contributed by atoms with Gasteiger partial charge in [0.05, 0.1) is 34.5 Å². The molecule has 162 valence electrons. The summed E-state index contributed by atoms with van der Waals surface area (Å²) >= 11 is 0. The first kappa shape index (κ1) is 21.9. The van der Waals surface area contributed by atoms with Crippen molar-refractivity contribution in [2.75, 3.05) is 60.7 Å². The summed E-state index contributed by atoms with van der Waals surface area (Å²) in [5.74, 6) is 1.86. The predicted octanol–water partition coefficient (Wildman–Crippen LogP) is 2.18. The van der Waals surface area contributed by atoms with Gasteiger partial charge in [-0.2, -0.15) is 0 Å². The number of nitrogens with zero attached hydrogens (tertiary/aromatic N) is 2. The number of piperidine rings is 1. The molecule has 0 spiro atoms. The van der Waals surface area contributed by atoms with Gasteiger partial charge in [-0.3, -0.25) is 14.6 Å². The number of carbonyl (C=O) groups is 1. The number of hydrogen-bond acceptors (Lipinski definition) is 7. The van der Waals surface area contributed by atoms with Crippen molar-refractivity contribution in [3.8, 4) is 11.5 Å². The molecule has 1 aromatic carbocycles. The Bertz CT molecular complexity index is 663. The third-order valence-electron chi connectivity index (χ3n) is 6.12. The fourth-order valence-electron chi connectivity index (χ4n) is 4.64. The first-order chi connectivity index (χ1) is 14.2. The number of benzene rings is 1. The van der Waals surface area contributed by atoms with Gasteiger partial charge in [0, 0.05) is 44.2 Å². The lowest BCUT2D eigenvalue weighted by Crippen LogP contribution is -2.53. The molecule has 7 heteroatoms. The lowest BCUT2D eigenvalue weighted by atomic mass is 9.86. The molecular weight excluding hydrogens is 372 g/mol. The highest BCUT2D eigenvalue weighted by Crippen LogP contribution is 2.33. The Morgan fingerprint density at radius 2 is 1.93 bits per heavy atom. The summed E-state index contributed by atoms with van der Waals surface area (Å²) in [4.78, 5) is 16.8. The maximum atomic E-state index is 11.8. The van der Waals surface area contributed by atoms with Crippen molar-refractivity contribution in [2.24, 2.45) is 5.92 Å². The van der Waals surface area contributed by atoms with E-state index in [-0.39, 0.29) is 5.97 Å². The molecule has 2 heterocycles. The number of likely N-dealkylation sites (tertiary alicyclic amines) is 1. The van der Waals surface area contributed by atoms with Gasteiger partial charge in [-0.05, 0) is 31.4 Å². The van der Waals surface area contributed by atoms with Crippen molar-refractivity contribution in [1.82, 2.24) is 9.80 Å². The number of para-hydroxylation sites is 1. The predicted molar refractivity (Wildman–Crippen MR) is 110 cm³/mol. The first-order valence-electron chi connectivity index (χ1n) is 10.5. The number of ether oxygens (including phenoxy) is 4. The summed E-state index contributed by atoms with van der Waals surface area (Å²) in [5.41, 5.74) is 1.13. The van der Waals surface area contributed by atoms with Crippen LogP contribution in [0.4, 0.5) is 0 Å². The van der Waals surface area contributed by atoms with Gasteiger partial charge in [0.2, 0.25) is 0 Å². The van der Waals surface area contributed by atoms with Gasteiger partial charge in [-0.25, -0.2) is 0 Å². The molecular formula is C22H34N2O5. The summed E-state index contributed by atoms with van der Waals surface area (Å²) < 4.78 is 21.5. The number of rotatable bonds is 8. The Labute approximate surface area is 173 Å². The second-order valence-electron chi connectivity index (χ2n) is 7.77. The monoisotopic (exact) mass is 406 g/mol. The molecule has 3 rings (SSSR count). The quantitative estimate of drug-likeness (QED) is 0.613. The number of methoxy groups -OCH3 is 3. The van der Waals surface area contributed by atoms with Gasteiger partial charge >= 0.3 is 5.97 Å². The summed E-state index contributed by atoms with van der Waals surface area (Å²) in [6.45, 7) is 6.34. The van der Waals surface area contributed by atoms with Crippen molar-refractivity contribution in [1.29, 1.82) is 0 Å². The molecule has 1 aromatic rings. The third-order valence-corrected chi connectivity index (χ3v) is 6.12. The van der Waals surface area contributed by atoms with Gasteiger partial charge in [0.1, 0.15) is 0 Å². The van der Waals surface area contributed by atoms with Crippen LogP contribution in [0.15, 0.2) is 18.2 Å². The average Bonchev–Trinajstić information content (AvgIpc) is 2.77. The van der Waals surface area contributed by atoms with E-state index in [0.717, 1.165) is 75.8 Å². The third kappa shape index (κ3) is 5.62. The molecule has 0 unspecified atom stereocenters. The van der Waals surface area contributed by atoms with Gasteiger partial charge in [0.15, 0.2) is 11.5 Å². The number of esters is 1. The maximum absolute atomic E-state index is 11.8. The molecule has 0 aromatic heterocycles. The second-order valence-corrected chi connectivity index (χ2v) is 7.77. The van der Waals surface area contributed by atoms with Crippen molar-refractivity contribution >= 4 is 5.97 Å². The van der Waals surface area contributed by atoms with E-state index >= 15 is 0 Å². The molecule has 0 N–H and O–H groups in total. The van der Waals surface area contributed by atoms with Crippen LogP contribution in [0.1, 0.15) is 24.8 Å². The van der Waals surface area contributed by atoms with Gasteiger partial charge in [-0.1, -0.05) is 12.1 Å². The summed E-state index contributed by atoms with van der Waals surface area (Å²) in [5, 5.41) is 0. The van der Waals surface area contributed by atoms with Crippen LogP contribution in [0, 0.1) is 5.92 Å². The number of hydrogen-bond donors (Lipinski definition) is 0. The van der Waals surface area contributed by atoms with Crippen molar-refractivity contribution in [3.63, 3.8) is 0 Å². The molecule has 0 bridgehead atoms. The van der Waals surface area contributed by atoms with Crippen LogP contribution in [0.3, 0.4) is 0 Å². The van der Waals surface area contributed by atoms with E-state index in [4.69, 9.17) is 18.9 Å². The average molecular weight is 407 g/mol. The van der Waals surface area contributed by atoms with E-state index < -0.39 is 0 Å². The van der Waals surface area contributed by atoms with Crippen molar-refractivity contribution in [3.05, 3.63) is 23.8 Å². The van der Waals surface area contributed by atoms with Crippen molar-refractivity contribution in [2.45, 2.75) is 31.8 Å². The minimum atomic E-state index is -0.127. The van der Waals surface area contributed by atoms with E-state index in [9.17, 15) is 4.79 Å². The van der Waals surface area contributed by atoms with E-state index in [1.54, 1.807) is 14.2 Å². The Morgan fingerprint density at radius 3 is 2.62 bits per heavy atom. The zero-order valence-corrected chi connectivity index (χ0v) is 17.9. The highest BCUT2D eigenvalue weighted by atomic mass is 16.5. The molecule has 2 aliphatic rings. The minimum absolute atomic E-state index is 0.127. The van der Waals surface area contributed by atoms with Crippen LogP contribution < -0.4 is 9.47 Å². The van der Waals surface area contributed by atoms with E-state index in [0.29, 0.717) is 18.4 Å². The standard InChI is InChI=1S/C22H34N2O5/c1-26-20-6-4-5-18(22(20)28-3)16-23-10-9-19(24-11-13-29-14-12-24)17(15-23)7-8-21(25)27-2/h4-6,17,19H,7-16H2,1-3H3/t17-,19+/m0/s1. The lowest BCUT2D eigenvalue weighted by Gasteiger charge is -2.45. The van der Waals surface area contributed by atoms with Crippen LogP contribution in [0.2, 0.25) is 0 Å². The number of morpholine rings is 1. The van der Waals surface area contributed by atoms with E-state index in [2.05, 4.69) is 15.9 Å². The lowest BCUT2D eigenvalue weighted by molar-refractivity contribution is -0.141. The molecule has 2 saturated heterocycles. The normalized spacial score (nSPS) is 23.6. The Kier molecular flexibility index (Phi) is 8.15. The summed E-state index contributed by atoms with van der Waals surface area (Å²) in [7, 11) is 4.81. The molecule has 7 nitrogen and oxygen atoms in total. The fraction of sp³-hybridized carbons (Fsp3) is 0.682. The maximum Gasteiger partial charge on any atom is 0.305 e. The zero-order valence-electron chi connectivity index (χ0n) is 17.9. The largest absolute Gasteiger partial charge is 0.493 e. The highest BCUT2D eigenvalue weighted by molar-refractivity contribution is 5.69. The van der Waals surface area contributed by atoms with E-state index in [1.165, 1.54) is 7.11 Å². The second kappa shape index (κ2) is 10.8. The van der Waals surface area contributed by atoms with Crippen LogP contribution >= 0.6 is 0 Å². The molecule has 0 aliphatic carbocycles. The molecule has 0 saturated carbocycles. The molecule has 0 radical (unpaired) electrons. The first-order valence-corrected chi connectivity index (χ1v) is 10.5. The molecule has 2 fully saturated rings. The van der Waals surface area contributed by atoms with Crippen LogP contribution in [0.5, 0.6) is 11.5 Å². The van der Waals surface area contributed by atoms with Gasteiger partial charge < -0.3 is 18.9 Å². The van der Waals surface area contributed by atoms with Crippen molar-refractivity contribution < 1.29 is 23.7 Å². The SMILES string of the molecule is COC(=O)CC[C@H]1CN(Cc2cccc(OC)c2OC)CC[C@H]1N1CCOCC1. The number of carbonyl (C=O) groups excluding carboxylic acids is 1. The van der Waals surface area contributed by atoms with Gasteiger partial charge in [0.25, 0.3) is 0 Å². The minimum Gasteiger partial charge on any atom is -0.493 e. The Hall–Kier alpha value is -1.83. The van der Waals surface area contributed by atoms with Gasteiger partial charge in [-0.15, -0.1) is 0 Å². The summed E-state index contributed by atoms with van der Waals surface area (Å²) in [6, 6.07) is 6.52. The molecule has 29 heavy (non-hydrogen) atoms. The zero-order chi connectivity index (χ0) is 20.6. The van der Waals surface area contributed by atoms with Crippen LogP contribution in [-0.4, -0.2) is 82.5 Å². The fourth-order valence-corrected chi connectivity index (χ4v) is 4.64. The topological polar surface area (TPSA) is 60.5 Å². The highest BCUT2D eigenvalue weighted by Gasteiger charge is 2.34. The smallest absolute Gasteiger partial charge is 0.305 e. The molecule has 2 atom stereocenters. The molecule has 2 aliphatic heterocycles. The Morgan fingerprint density at radius 1 is 1.14 bits per heavy atom. The van der Waals surface area contributed by atoms with Crippen LogP contribution in [-0.2, 0) is 20.8 Å². The summed E-state index contributed by atoms with van der Waals surface area (Å²) in [6.07, 6.45) is 2.41. The van der Waals surface area contributed by atoms with Crippen LogP contribution in [0.25, 0.3) is 0 Å². The van der Waals surface area contributed by atoms with E-state index in [1.807, 2.05) is 12.1 Å².